The van der Waals surface area contributed by atoms with Crippen molar-refractivity contribution in [3.05, 3.63) is 71.1 Å². The van der Waals surface area contributed by atoms with Crippen LogP contribution < -0.4 is 4.74 Å². The number of hydrogen-bond acceptors (Lipinski definition) is 2. The molecule has 0 aromatic heterocycles. The number of hydrogen-bond donors (Lipinski definition) is 0. The molecule has 0 unspecified atom stereocenters. The van der Waals surface area contributed by atoms with E-state index in [1.165, 1.54) is 25.3 Å². The zero-order valence-corrected chi connectivity index (χ0v) is 11.1. The predicted octanol–water partition coefficient (Wildman–Crippen LogP) is 4.01. The van der Waals surface area contributed by atoms with Gasteiger partial charge in [-0.3, -0.25) is 4.79 Å². The van der Waals surface area contributed by atoms with Gasteiger partial charge in [0.05, 0.1) is 7.11 Å². The number of allylic oxidation sites excluding steroid dienone is 1. The van der Waals surface area contributed by atoms with Gasteiger partial charge >= 0.3 is 0 Å². The highest BCUT2D eigenvalue weighted by atomic mass is 19.1. The maximum absolute atomic E-state index is 13.5. The molecular weight excluding hydrogens is 281 g/mol. The molecule has 108 valence electrons. The second-order valence-corrected chi connectivity index (χ2v) is 4.18. The molecule has 0 N–H and O–H groups in total. The van der Waals surface area contributed by atoms with Crippen molar-refractivity contribution in [2.75, 3.05) is 7.11 Å². The first-order valence-electron chi connectivity index (χ1n) is 6.03. The van der Waals surface area contributed by atoms with Crippen LogP contribution in [-0.4, -0.2) is 12.9 Å². The van der Waals surface area contributed by atoms with Crippen molar-refractivity contribution < 1.29 is 22.7 Å². The fourth-order valence-corrected chi connectivity index (χ4v) is 1.74. The number of carbonyl (C=O) groups excluding carboxylic acids is 1. The quantitative estimate of drug-likeness (QED) is 0.628. The Kier molecular flexibility index (Phi) is 4.42. The summed E-state index contributed by atoms with van der Waals surface area (Å²) in [4.78, 5) is 11.9. The first-order chi connectivity index (χ1) is 10.0. The van der Waals surface area contributed by atoms with E-state index < -0.39 is 23.2 Å². The molecule has 2 rings (SSSR count). The fourth-order valence-electron chi connectivity index (χ4n) is 1.74. The molecule has 0 fully saturated rings. The monoisotopic (exact) mass is 292 g/mol. The molecule has 2 nitrogen and oxygen atoms in total. The number of carbonyl (C=O) groups is 1. The Hall–Kier alpha value is -2.56. The Morgan fingerprint density at radius 3 is 2.29 bits per heavy atom. The van der Waals surface area contributed by atoms with E-state index in [9.17, 15) is 18.0 Å². The Morgan fingerprint density at radius 1 is 1.05 bits per heavy atom. The lowest BCUT2D eigenvalue weighted by atomic mass is 10.1. The lowest BCUT2D eigenvalue weighted by molar-refractivity contribution is 0.104. The zero-order valence-electron chi connectivity index (χ0n) is 11.1. The summed E-state index contributed by atoms with van der Waals surface area (Å²) in [6.45, 7) is 0. The van der Waals surface area contributed by atoms with Crippen molar-refractivity contribution in [1.82, 2.24) is 0 Å². The molecule has 0 aliphatic rings. The highest BCUT2D eigenvalue weighted by molar-refractivity contribution is 6.06. The molecule has 2 aromatic carbocycles. The van der Waals surface area contributed by atoms with Crippen LogP contribution >= 0.6 is 0 Å². The highest BCUT2D eigenvalue weighted by Gasteiger charge is 2.09. The Morgan fingerprint density at radius 2 is 1.71 bits per heavy atom. The van der Waals surface area contributed by atoms with Crippen LogP contribution in [0.5, 0.6) is 5.75 Å². The molecular formula is C16H11F3O2. The van der Waals surface area contributed by atoms with E-state index in [1.54, 1.807) is 0 Å². The van der Waals surface area contributed by atoms with E-state index in [1.807, 2.05) is 0 Å². The molecule has 21 heavy (non-hydrogen) atoms. The van der Waals surface area contributed by atoms with Gasteiger partial charge in [0.1, 0.15) is 11.6 Å². The molecule has 0 aliphatic heterocycles. The summed E-state index contributed by atoms with van der Waals surface area (Å²) in [5.41, 5.74) is -0.263. The van der Waals surface area contributed by atoms with E-state index >= 15 is 0 Å². The third-order valence-electron chi connectivity index (χ3n) is 2.84. The number of benzene rings is 2. The lowest BCUT2D eigenvalue weighted by Gasteiger charge is -2.03. The number of ketones is 1. The highest BCUT2D eigenvalue weighted by Crippen LogP contribution is 2.19. The van der Waals surface area contributed by atoms with Gasteiger partial charge in [-0.05, 0) is 42.5 Å². The van der Waals surface area contributed by atoms with Gasteiger partial charge in [0.2, 0.25) is 0 Å². The SMILES string of the molecule is COc1ccc(C(=O)/C=C/c2c(F)cccc2F)cc1F. The minimum atomic E-state index is -0.778. The van der Waals surface area contributed by atoms with Gasteiger partial charge < -0.3 is 4.74 Å². The second-order valence-electron chi connectivity index (χ2n) is 4.18. The summed E-state index contributed by atoms with van der Waals surface area (Å²) in [6.07, 6.45) is 2.01. The maximum atomic E-state index is 13.5. The van der Waals surface area contributed by atoms with Gasteiger partial charge in [0.15, 0.2) is 17.3 Å². The molecule has 0 saturated carbocycles. The Bertz CT molecular complexity index is 688. The summed E-state index contributed by atoms with van der Waals surface area (Å²) in [7, 11) is 1.31. The molecule has 0 saturated heterocycles. The van der Waals surface area contributed by atoms with Crippen molar-refractivity contribution >= 4 is 11.9 Å². The Labute approximate surface area is 119 Å². The second kappa shape index (κ2) is 6.26. The summed E-state index contributed by atoms with van der Waals surface area (Å²) in [6, 6.07) is 7.07. The largest absolute Gasteiger partial charge is 0.494 e. The van der Waals surface area contributed by atoms with Crippen LogP contribution in [0.2, 0.25) is 0 Å². The number of halogens is 3. The predicted molar refractivity (Wildman–Crippen MR) is 72.7 cm³/mol. The van der Waals surface area contributed by atoms with Crippen molar-refractivity contribution in [1.29, 1.82) is 0 Å². The van der Waals surface area contributed by atoms with Crippen LogP contribution in [0.3, 0.4) is 0 Å². The molecule has 0 radical (unpaired) electrons. The lowest BCUT2D eigenvalue weighted by Crippen LogP contribution is -1.97. The summed E-state index contributed by atoms with van der Waals surface area (Å²) in [5.74, 6) is -2.80. The normalized spacial score (nSPS) is 10.9. The van der Waals surface area contributed by atoms with Crippen LogP contribution in [0.25, 0.3) is 6.08 Å². The van der Waals surface area contributed by atoms with E-state index in [2.05, 4.69) is 0 Å². The van der Waals surface area contributed by atoms with Crippen molar-refractivity contribution in [3.63, 3.8) is 0 Å². The number of ether oxygens (including phenoxy) is 1. The molecule has 2 aromatic rings. The average Bonchev–Trinajstić information content (AvgIpc) is 2.46. The molecule has 0 spiro atoms. The van der Waals surface area contributed by atoms with E-state index in [-0.39, 0.29) is 16.9 Å². The third kappa shape index (κ3) is 3.31. The van der Waals surface area contributed by atoms with Gasteiger partial charge in [0.25, 0.3) is 0 Å². The van der Waals surface area contributed by atoms with Gasteiger partial charge in [-0.1, -0.05) is 6.07 Å². The van der Waals surface area contributed by atoms with Crippen molar-refractivity contribution in [3.8, 4) is 5.75 Å². The van der Waals surface area contributed by atoms with E-state index in [4.69, 9.17) is 4.74 Å². The minimum Gasteiger partial charge on any atom is -0.494 e. The Balaban J connectivity index is 2.25. The van der Waals surface area contributed by atoms with E-state index in [0.29, 0.717) is 0 Å². The van der Waals surface area contributed by atoms with Crippen molar-refractivity contribution in [2.24, 2.45) is 0 Å². The molecule has 5 heteroatoms. The first kappa shape index (κ1) is 14.8. The number of rotatable bonds is 4. The van der Waals surface area contributed by atoms with Gasteiger partial charge in [-0.15, -0.1) is 0 Å². The standard InChI is InChI=1S/C16H11F3O2/c1-21-16-8-5-10(9-14(16)19)15(20)7-6-11-12(17)3-2-4-13(11)18/h2-9H,1H3/b7-6+. The fraction of sp³-hybridized carbons (Fsp3) is 0.0625. The van der Waals surface area contributed by atoms with Gasteiger partial charge in [-0.2, -0.15) is 0 Å². The van der Waals surface area contributed by atoms with Crippen molar-refractivity contribution in [2.45, 2.75) is 0 Å². The first-order valence-corrected chi connectivity index (χ1v) is 6.03. The average molecular weight is 292 g/mol. The smallest absolute Gasteiger partial charge is 0.185 e. The zero-order chi connectivity index (χ0) is 15.4. The number of methoxy groups -OCH3 is 1. The molecule has 0 aliphatic carbocycles. The van der Waals surface area contributed by atoms with Gasteiger partial charge in [-0.25, -0.2) is 13.2 Å². The molecule has 0 amide bonds. The van der Waals surface area contributed by atoms with E-state index in [0.717, 1.165) is 30.4 Å². The van der Waals surface area contributed by atoms with Crippen LogP contribution in [-0.2, 0) is 0 Å². The maximum Gasteiger partial charge on any atom is 0.185 e. The minimum absolute atomic E-state index is 0.00989. The van der Waals surface area contributed by atoms with Crippen LogP contribution in [0.15, 0.2) is 42.5 Å². The topological polar surface area (TPSA) is 26.3 Å². The van der Waals surface area contributed by atoms with Gasteiger partial charge in [0, 0.05) is 11.1 Å². The third-order valence-corrected chi connectivity index (χ3v) is 2.84. The summed E-state index contributed by atoms with van der Waals surface area (Å²) >= 11 is 0. The molecule has 0 bridgehead atoms. The van der Waals surface area contributed by atoms with Crippen LogP contribution in [0, 0.1) is 17.5 Å². The summed E-state index contributed by atoms with van der Waals surface area (Å²) < 4.78 is 45.0. The summed E-state index contributed by atoms with van der Waals surface area (Å²) in [5, 5.41) is 0. The van der Waals surface area contributed by atoms with Crippen LogP contribution in [0.1, 0.15) is 15.9 Å². The molecule has 0 atom stereocenters. The van der Waals surface area contributed by atoms with Crippen LogP contribution in [0.4, 0.5) is 13.2 Å². The molecule has 0 heterocycles.